The molecule has 1 aromatic carbocycles. The lowest BCUT2D eigenvalue weighted by Crippen LogP contribution is -2.48. The van der Waals surface area contributed by atoms with E-state index in [1.165, 1.54) is 10.6 Å². The van der Waals surface area contributed by atoms with Crippen LogP contribution in [0.25, 0.3) is 0 Å². The fourth-order valence-electron chi connectivity index (χ4n) is 2.32. The van der Waals surface area contributed by atoms with E-state index in [2.05, 4.69) is 20.8 Å². The highest BCUT2D eigenvalue weighted by molar-refractivity contribution is 9.10. The Balaban J connectivity index is 2.22. The van der Waals surface area contributed by atoms with Crippen molar-refractivity contribution in [3.63, 3.8) is 0 Å². The van der Waals surface area contributed by atoms with Crippen molar-refractivity contribution in [2.45, 2.75) is 6.92 Å². The first kappa shape index (κ1) is 15.5. The standard InChI is InChI=1S/C13H17BrN2O3S/c1-10(17)12-4-3-11(14)9-13(12)15-5-7-16(8-6-15)20(2,18)19/h3-4,9H,5-8H2,1-2H3. The van der Waals surface area contributed by atoms with Crippen molar-refractivity contribution in [3.05, 3.63) is 28.2 Å². The summed E-state index contributed by atoms with van der Waals surface area (Å²) in [5.74, 6) is 0.0121. The van der Waals surface area contributed by atoms with Crippen LogP contribution in [0.1, 0.15) is 17.3 Å². The monoisotopic (exact) mass is 360 g/mol. The van der Waals surface area contributed by atoms with Gasteiger partial charge in [-0.05, 0) is 25.1 Å². The van der Waals surface area contributed by atoms with Crippen LogP contribution >= 0.6 is 15.9 Å². The molecule has 1 saturated heterocycles. The molecule has 0 bridgehead atoms. The number of ketones is 1. The SMILES string of the molecule is CC(=O)c1ccc(Br)cc1N1CCN(S(C)(=O)=O)CC1. The van der Waals surface area contributed by atoms with Gasteiger partial charge in [0.15, 0.2) is 5.78 Å². The van der Waals surface area contributed by atoms with Crippen molar-refractivity contribution in [2.75, 3.05) is 37.3 Å². The van der Waals surface area contributed by atoms with E-state index in [9.17, 15) is 13.2 Å². The average Bonchev–Trinajstić information content (AvgIpc) is 2.37. The molecule has 1 aliphatic heterocycles. The molecule has 0 atom stereocenters. The maximum Gasteiger partial charge on any atom is 0.211 e. The normalized spacial score (nSPS) is 17.2. The number of anilines is 1. The molecular formula is C13H17BrN2O3S. The Kier molecular flexibility index (Phi) is 4.51. The number of hydrogen-bond acceptors (Lipinski definition) is 4. The second-order valence-electron chi connectivity index (χ2n) is 4.87. The fourth-order valence-corrected chi connectivity index (χ4v) is 3.50. The Morgan fingerprint density at radius 3 is 2.30 bits per heavy atom. The van der Waals surface area contributed by atoms with Crippen molar-refractivity contribution in [2.24, 2.45) is 0 Å². The van der Waals surface area contributed by atoms with E-state index in [0.29, 0.717) is 31.7 Å². The predicted molar refractivity (Wildman–Crippen MR) is 82.8 cm³/mol. The van der Waals surface area contributed by atoms with Crippen LogP contribution in [-0.4, -0.2) is 50.9 Å². The third-order valence-electron chi connectivity index (χ3n) is 3.39. The molecule has 0 aliphatic carbocycles. The summed E-state index contributed by atoms with van der Waals surface area (Å²) >= 11 is 3.41. The first-order chi connectivity index (χ1) is 9.29. The minimum atomic E-state index is -3.14. The van der Waals surface area contributed by atoms with Gasteiger partial charge in [0.05, 0.1) is 6.26 Å². The summed E-state index contributed by atoms with van der Waals surface area (Å²) in [6, 6.07) is 5.55. The van der Waals surface area contributed by atoms with Gasteiger partial charge >= 0.3 is 0 Å². The number of hydrogen-bond donors (Lipinski definition) is 0. The van der Waals surface area contributed by atoms with Gasteiger partial charge in [0, 0.05) is 41.9 Å². The summed E-state index contributed by atoms with van der Waals surface area (Å²) in [7, 11) is -3.14. The number of Topliss-reactive ketones (excluding diaryl/α,β-unsaturated/α-hetero) is 1. The molecule has 0 N–H and O–H groups in total. The maximum atomic E-state index is 11.7. The molecule has 0 radical (unpaired) electrons. The highest BCUT2D eigenvalue weighted by atomic mass is 79.9. The second-order valence-corrected chi connectivity index (χ2v) is 7.76. The first-order valence-corrected chi connectivity index (χ1v) is 8.94. The van der Waals surface area contributed by atoms with Gasteiger partial charge < -0.3 is 4.90 Å². The number of rotatable bonds is 3. The Morgan fingerprint density at radius 2 is 1.80 bits per heavy atom. The average molecular weight is 361 g/mol. The lowest BCUT2D eigenvalue weighted by atomic mass is 10.1. The minimum Gasteiger partial charge on any atom is -0.368 e. The Morgan fingerprint density at radius 1 is 1.20 bits per heavy atom. The van der Waals surface area contributed by atoms with Crippen LogP contribution in [0.3, 0.4) is 0 Å². The molecule has 0 unspecified atom stereocenters. The molecule has 0 saturated carbocycles. The molecule has 0 aromatic heterocycles. The molecule has 1 aliphatic rings. The molecule has 5 nitrogen and oxygen atoms in total. The molecule has 0 spiro atoms. The van der Waals surface area contributed by atoms with E-state index in [1.54, 1.807) is 13.0 Å². The Labute approximate surface area is 127 Å². The maximum absolute atomic E-state index is 11.7. The summed E-state index contributed by atoms with van der Waals surface area (Å²) in [5.41, 5.74) is 1.53. The van der Waals surface area contributed by atoms with Crippen LogP contribution in [-0.2, 0) is 10.0 Å². The molecule has 1 aromatic rings. The number of piperazine rings is 1. The van der Waals surface area contributed by atoms with E-state index in [-0.39, 0.29) is 5.78 Å². The number of benzene rings is 1. The molecule has 7 heteroatoms. The summed E-state index contributed by atoms with van der Waals surface area (Å²) in [5, 5.41) is 0. The first-order valence-electron chi connectivity index (χ1n) is 6.29. The third-order valence-corrected chi connectivity index (χ3v) is 5.18. The topological polar surface area (TPSA) is 57.7 Å². The van der Waals surface area contributed by atoms with Crippen molar-refractivity contribution in [1.82, 2.24) is 4.31 Å². The van der Waals surface area contributed by atoms with E-state index in [1.807, 2.05) is 12.1 Å². The van der Waals surface area contributed by atoms with E-state index >= 15 is 0 Å². The molecule has 1 heterocycles. The number of halogens is 1. The zero-order valence-corrected chi connectivity index (χ0v) is 13.9. The van der Waals surface area contributed by atoms with Crippen molar-refractivity contribution in [3.8, 4) is 0 Å². The molecular weight excluding hydrogens is 344 g/mol. The van der Waals surface area contributed by atoms with Gasteiger partial charge in [0.2, 0.25) is 10.0 Å². The largest absolute Gasteiger partial charge is 0.368 e. The molecule has 110 valence electrons. The highest BCUT2D eigenvalue weighted by Gasteiger charge is 2.25. The molecule has 2 rings (SSSR count). The summed E-state index contributed by atoms with van der Waals surface area (Å²) < 4.78 is 25.4. The van der Waals surface area contributed by atoms with Gasteiger partial charge in [-0.2, -0.15) is 4.31 Å². The quantitative estimate of drug-likeness (QED) is 0.770. The zero-order chi connectivity index (χ0) is 14.9. The van der Waals surface area contributed by atoms with Crippen LogP contribution in [0.15, 0.2) is 22.7 Å². The van der Waals surface area contributed by atoms with E-state index in [4.69, 9.17) is 0 Å². The minimum absolute atomic E-state index is 0.0121. The van der Waals surface area contributed by atoms with Gasteiger partial charge in [-0.15, -0.1) is 0 Å². The molecule has 1 fully saturated rings. The van der Waals surface area contributed by atoms with Crippen LogP contribution in [0, 0.1) is 0 Å². The molecule has 20 heavy (non-hydrogen) atoms. The number of carbonyl (C=O) groups is 1. The Bertz CT molecular complexity index is 623. The fraction of sp³-hybridized carbons (Fsp3) is 0.462. The number of carbonyl (C=O) groups excluding carboxylic acids is 1. The molecule has 0 amide bonds. The summed E-state index contributed by atoms with van der Waals surface area (Å²) in [6.07, 6.45) is 1.22. The number of nitrogens with zero attached hydrogens (tertiary/aromatic N) is 2. The summed E-state index contributed by atoms with van der Waals surface area (Å²) in [6.45, 7) is 3.61. The van der Waals surface area contributed by atoms with Gasteiger partial charge in [0.25, 0.3) is 0 Å². The zero-order valence-electron chi connectivity index (χ0n) is 11.5. The summed E-state index contributed by atoms with van der Waals surface area (Å²) in [4.78, 5) is 13.8. The van der Waals surface area contributed by atoms with Crippen molar-refractivity contribution >= 4 is 37.4 Å². The van der Waals surface area contributed by atoms with Crippen LogP contribution < -0.4 is 4.90 Å². The van der Waals surface area contributed by atoms with Gasteiger partial charge in [-0.25, -0.2) is 8.42 Å². The van der Waals surface area contributed by atoms with Gasteiger partial charge in [0.1, 0.15) is 0 Å². The lowest BCUT2D eigenvalue weighted by Gasteiger charge is -2.35. The number of sulfonamides is 1. The lowest BCUT2D eigenvalue weighted by molar-refractivity contribution is 0.101. The van der Waals surface area contributed by atoms with Crippen LogP contribution in [0.2, 0.25) is 0 Å². The van der Waals surface area contributed by atoms with Crippen LogP contribution in [0.5, 0.6) is 0 Å². The van der Waals surface area contributed by atoms with Crippen molar-refractivity contribution in [1.29, 1.82) is 0 Å². The van der Waals surface area contributed by atoms with E-state index in [0.717, 1.165) is 10.2 Å². The van der Waals surface area contributed by atoms with Gasteiger partial charge in [-0.3, -0.25) is 4.79 Å². The second kappa shape index (κ2) is 5.83. The third kappa shape index (κ3) is 3.39. The van der Waals surface area contributed by atoms with E-state index < -0.39 is 10.0 Å². The smallest absolute Gasteiger partial charge is 0.211 e. The van der Waals surface area contributed by atoms with Crippen LogP contribution in [0.4, 0.5) is 5.69 Å². The highest BCUT2D eigenvalue weighted by Crippen LogP contribution is 2.27. The predicted octanol–water partition coefficient (Wildman–Crippen LogP) is 1.73. The van der Waals surface area contributed by atoms with Gasteiger partial charge in [-0.1, -0.05) is 15.9 Å². The van der Waals surface area contributed by atoms with Crippen molar-refractivity contribution < 1.29 is 13.2 Å². The Hall–Kier alpha value is -0.920.